The lowest BCUT2D eigenvalue weighted by Gasteiger charge is -2.32. The highest BCUT2D eigenvalue weighted by Crippen LogP contribution is 2.29. The molecule has 4 rings (SSSR count). The van der Waals surface area contributed by atoms with Crippen LogP contribution in [0.1, 0.15) is 37.4 Å². The minimum atomic E-state index is -0.998. The first-order chi connectivity index (χ1) is 17.3. The first-order valence-corrected chi connectivity index (χ1v) is 12.0. The van der Waals surface area contributed by atoms with Gasteiger partial charge in [0.1, 0.15) is 23.9 Å². The molecule has 0 aliphatic heterocycles. The van der Waals surface area contributed by atoms with Crippen LogP contribution in [0.4, 0.5) is 10.1 Å². The number of aryl methyl sites for hydroxylation is 1. The fraction of sp³-hybridized carbons (Fsp3) is 0.286. The van der Waals surface area contributed by atoms with Gasteiger partial charge in [0.05, 0.1) is 5.52 Å². The van der Waals surface area contributed by atoms with Crippen molar-refractivity contribution in [2.45, 2.75) is 39.8 Å². The zero-order valence-corrected chi connectivity index (χ0v) is 20.7. The summed E-state index contributed by atoms with van der Waals surface area (Å²) in [6.07, 6.45) is 0.797. The number of aromatic nitrogens is 3. The number of fused-ring (bicyclic) bond motifs is 1. The van der Waals surface area contributed by atoms with Gasteiger partial charge in [0.25, 0.3) is 0 Å². The number of para-hydroxylation sites is 1. The maximum Gasteiger partial charge on any atom is 0.249 e. The molecule has 186 valence electrons. The molecular weight excluding hydrogens is 457 g/mol. The summed E-state index contributed by atoms with van der Waals surface area (Å²) in [6, 6.07) is 19.5. The van der Waals surface area contributed by atoms with Crippen LogP contribution in [-0.2, 0) is 16.1 Å². The van der Waals surface area contributed by atoms with E-state index in [1.54, 1.807) is 18.2 Å². The Morgan fingerprint density at radius 3 is 2.50 bits per heavy atom. The molecular formula is C28H30FN5O2. The van der Waals surface area contributed by atoms with Gasteiger partial charge in [0.15, 0.2) is 0 Å². The smallest absolute Gasteiger partial charge is 0.249 e. The highest BCUT2D eigenvalue weighted by Gasteiger charge is 2.33. The number of nitrogens with one attached hydrogen (secondary N) is 1. The Balaban J connectivity index is 1.76. The van der Waals surface area contributed by atoms with Gasteiger partial charge in [0.2, 0.25) is 11.8 Å². The molecule has 8 heteroatoms. The summed E-state index contributed by atoms with van der Waals surface area (Å²) in [5.41, 5.74) is 3.41. The van der Waals surface area contributed by atoms with Crippen molar-refractivity contribution in [3.63, 3.8) is 0 Å². The van der Waals surface area contributed by atoms with Crippen molar-refractivity contribution in [1.82, 2.24) is 20.3 Å². The summed E-state index contributed by atoms with van der Waals surface area (Å²) in [4.78, 5) is 29.0. The predicted molar refractivity (Wildman–Crippen MR) is 138 cm³/mol. The molecule has 1 N–H and O–H groups in total. The minimum absolute atomic E-state index is 0.120. The van der Waals surface area contributed by atoms with Gasteiger partial charge in [-0.2, -0.15) is 0 Å². The summed E-state index contributed by atoms with van der Waals surface area (Å²) in [7, 11) is 0. The van der Waals surface area contributed by atoms with E-state index in [4.69, 9.17) is 0 Å². The van der Waals surface area contributed by atoms with Gasteiger partial charge < -0.3 is 5.32 Å². The first kappa shape index (κ1) is 25.0. The van der Waals surface area contributed by atoms with E-state index in [9.17, 15) is 14.0 Å². The molecule has 2 amide bonds. The van der Waals surface area contributed by atoms with E-state index in [2.05, 4.69) is 29.5 Å². The number of anilines is 1. The van der Waals surface area contributed by atoms with Gasteiger partial charge in [-0.3, -0.25) is 14.5 Å². The van der Waals surface area contributed by atoms with Crippen LogP contribution < -0.4 is 10.2 Å². The number of hydrogen-bond acceptors (Lipinski definition) is 4. The van der Waals surface area contributed by atoms with E-state index in [0.717, 1.165) is 17.5 Å². The number of carbonyl (C=O) groups excluding carboxylic acids is 2. The number of nitrogens with zero attached hydrogens (tertiary/aromatic N) is 4. The van der Waals surface area contributed by atoms with Crippen molar-refractivity contribution in [3.8, 4) is 0 Å². The maximum atomic E-state index is 13.9. The lowest BCUT2D eigenvalue weighted by atomic mass is 10.0. The first-order valence-electron chi connectivity index (χ1n) is 12.0. The van der Waals surface area contributed by atoms with Crippen molar-refractivity contribution >= 4 is 28.5 Å². The Morgan fingerprint density at radius 2 is 1.78 bits per heavy atom. The number of halogens is 1. The van der Waals surface area contributed by atoms with Gasteiger partial charge in [-0.25, -0.2) is 9.07 Å². The van der Waals surface area contributed by atoms with E-state index >= 15 is 0 Å². The molecule has 0 unspecified atom stereocenters. The van der Waals surface area contributed by atoms with Crippen LogP contribution in [0.5, 0.6) is 0 Å². The molecule has 1 atom stereocenters. The molecule has 4 aromatic rings. The van der Waals surface area contributed by atoms with Crippen LogP contribution in [-0.4, -0.2) is 33.4 Å². The third-order valence-electron chi connectivity index (χ3n) is 5.97. The standard InChI is InChI=1S/C28H30FN5O2/c1-19(2)15-16-30-28(36)27(21-11-13-22(29)14-12-21)34(23-8-6-7-20(3)17-23)26(35)18-33-25-10-5-4-9-24(25)31-32-33/h4-14,17,19,27H,15-16,18H2,1-3H3,(H,30,36)/t27-/m1/s1. The zero-order valence-electron chi connectivity index (χ0n) is 20.7. The number of carbonyl (C=O) groups is 2. The molecule has 3 aromatic carbocycles. The van der Waals surface area contributed by atoms with Gasteiger partial charge in [-0.15, -0.1) is 5.10 Å². The lowest BCUT2D eigenvalue weighted by Crippen LogP contribution is -2.45. The fourth-order valence-corrected chi connectivity index (χ4v) is 4.10. The molecule has 0 saturated heterocycles. The highest BCUT2D eigenvalue weighted by molar-refractivity contribution is 6.01. The summed E-state index contributed by atoms with van der Waals surface area (Å²) < 4.78 is 15.3. The van der Waals surface area contributed by atoms with Crippen molar-refractivity contribution in [1.29, 1.82) is 0 Å². The van der Waals surface area contributed by atoms with E-state index in [1.807, 2.05) is 49.4 Å². The topological polar surface area (TPSA) is 80.1 Å². The second-order valence-electron chi connectivity index (χ2n) is 9.27. The Bertz CT molecular complexity index is 1350. The molecule has 0 fully saturated rings. The third-order valence-corrected chi connectivity index (χ3v) is 5.97. The molecule has 7 nitrogen and oxygen atoms in total. The molecule has 0 bridgehead atoms. The van der Waals surface area contributed by atoms with Crippen LogP contribution in [0.3, 0.4) is 0 Å². The Labute approximate surface area is 209 Å². The van der Waals surface area contributed by atoms with Crippen molar-refractivity contribution in [3.05, 3.63) is 89.7 Å². The Morgan fingerprint density at radius 1 is 1.03 bits per heavy atom. The van der Waals surface area contributed by atoms with Gasteiger partial charge in [-0.1, -0.05) is 55.5 Å². The molecule has 1 aromatic heterocycles. The van der Waals surface area contributed by atoms with Gasteiger partial charge >= 0.3 is 0 Å². The quantitative estimate of drug-likeness (QED) is 0.367. The average Bonchev–Trinajstić information content (AvgIpc) is 3.25. The highest BCUT2D eigenvalue weighted by atomic mass is 19.1. The number of rotatable bonds is 9. The molecule has 0 aliphatic carbocycles. The normalized spacial score (nSPS) is 12.0. The second kappa shape index (κ2) is 11.1. The molecule has 0 saturated carbocycles. The van der Waals surface area contributed by atoms with Crippen LogP contribution in [0.25, 0.3) is 11.0 Å². The van der Waals surface area contributed by atoms with Gasteiger partial charge in [-0.05, 0) is 66.8 Å². The summed E-state index contributed by atoms with van der Waals surface area (Å²) in [6.45, 7) is 6.43. The van der Waals surface area contributed by atoms with E-state index in [-0.39, 0.29) is 18.4 Å². The molecule has 1 heterocycles. The minimum Gasteiger partial charge on any atom is -0.354 e. The van der Waals surface area contributed by atoms with Gasteiger partial charge in [0, 0.05) is 12.2 Å². The average molecular weight is 488 g/mol. The third kappa shape index (κ3) is 5.76. The summed E-state index contributed by atoms with van der Waals surface area (Å²) >= 11 is 0. The van der Waals surface area contributed by atoms with Crippen molar-refractivity contribution < 1.29 is 14.0 Å². The molecule has 0 radical (unpaired) electrons. The second-order valence-corrected chi connectivity index (χ2v) is 9.27. The van der Waals surface area contributed by atoms with Crippen LogP contribution >= 0.6 is 0 Å². The Hall–Kier alpha value is -4.07. The number of hydrogen-bond donors (Lipinski definition) is 1. The van der Waals surface area contributed by atoms with Crippen molar-refractivity contribution in [2.24, 2.45) is 5.92 Å². The fourth-order valence-electron chi connectivity index (χ4n) is 4.10. The maximum absolute atomic E-state index is 13.9. The van der Waals surface area contributed by atoms with Crippen molar-refractivity contribution in [2.75, 3.05) is 11.4 Å². The molecule has 36 heavy (non-hydrogen) atoms. The van der Waals surface area contributed by atoms with E-state index < -0.39 is 11.9 Å². The summed E-state index contributed by atoms with van der Waals surface area (Å²) in [5, 5.41) is 11.3. The zero-order chi connectivity index (χ0) is 25.7. The van der Waals surface area contributed by atoms with Crippen LogP contribution in [0.2, 0.25) is 0 Å². The van der Waals surface area contributed by atoms with Crippen LogP contribution in [0.15, 0.2) is 72.8 Å². The largest absolute Gasteiger partial charge is 0.354 e. The lowest BCUT2D eigenvalue weighted by molar-refractivity contribution is -0.127. The summed E-state index contributed by atoms with van der Waals surface area (Å²) in [5.74, 6) is -0.685. The molecule has 0 aliphatic rings. The molecule has 0 spiro atoms. The van der Waals surface area contributed by atoms with Crippen LogP contribution in [0, 0.1) is 18.7 Å². The SMILES string of the molecule is Cc1cccc(N(C(=O)Cn2nnc3ccccc32)[C@@H](C(=O)NCCC(C)C)c2ccc(F)cc2)c1. The van der Waals surface area contributed by atoms with E-state index in [0.29, 0.717) is 29.2 Å². The van der Waals surface area contributed by atoms with E-state index in [1.165, 1.54) is 21.7 Å². The predicted octanol–water partition coefficient (Wildman–Crippen LogP) is 4.82. The number of benzene rings is 3. The number of amides is 2. The monoisotopic (exact) mass is 487 g/mol. The Kier molecular flexibility index (Phi) is 7.73.